The van der Waals surface area contributed by atoms with E-state index in [1.807, 2.05) is 0 Å². The van der Waals surface area contributed by atoms with E-state index in [9.17, 15) is 14.0 Å². The zero-order valence-corrected chi connectivity index (χ0v) is 14.9. The van der Waals surface area contributed by atoms with Crippen molar-refractivity contribution in [1.82, 2.24) is 10.2 Å². The van der Waals surface area contributed by atoms with Crippen LogP contribution in [0, 0.1) is 5.82 Å². The third-order valence-corrected chi connectivity index (χ3v) is 4.49. The van der Waals surface area contributed by atoms with Gasteiger partial charge in [0.05, 0.1) is 0 Å². The molecule has 0 saturated carbocycles. The number of nitrogens with one attached hydrogen (secondary N) is 1. The minimum absolute atomic E-state index is 0.0400. The van der Waals surface area contributed by atoms with E-state index < -0.39 is 0 Å². The van der Waals surface area contributed by atoms with E-state index in [2.05, 4.69) is 11.4 Å². The van der Waals surface area contributed by atoms with E-state index in [-0.39, 0.29) is 24.1 Å². The number of halogens is 1. The van der Waals surface area contributed by atoms with Gasteiger partial charge < -0.3 is 10.2 Å². The molecule has 0 unspecified atom stereocenters. The zero-order chi connectivity index (χ0) is 18.1. The molecule has 0 atom stereocenters. The fourth-order valence-corrected chi connectivity index (χ4v) is 2.98. The van der Waals surface area contributed by atoms with Crippen molar-refractivity contribution >= 4 is 11.8 Å². The first-order valence-corrected chi connectivity index (χ1v) is 8.99. The summed E-state index contributed by atoms with van der Waals surface area (Å²) in [5.41, 5.74) is 2.29. The fraction of sp³-hybridized carbons (Fsp3) is 0.500. The van der Waals surface area contributed by atoms with Gasteiger partial charge in [-0.3, -0.25) is 9.59 Å². The molecule has 0 aliphatic heterocycles. The Balaban J connectivity index is 1.72. The van der Waals surface area contributed by atoms with Gasteiger partial charge in [0, 0.05) is 33.0 Å². The smallest absolute Gasteiger partial charge is 0.221 e. The van der Waals surface area contributed by atoms with Crippen molar-refractivity contribution in [2.24, 2.45) is 0 Å². The summed E-state index contributed by atoms with van der Waals surface area (Å²) in [5, 5.41) is 2.93. The van der Waals surface area contributed by atoms with Crippen molar-refractivity contribution in [2.45, 2.75) is 52.0 Å². The number of hydrogen-bond acceptors (Lipinski definition) is 2. The van der Waals surface area contributed by atoms with Crippen LogP contribution in [0.4, 0.5) is 4.39 Å². The Hall–Kier alpha value is -2.17. The molecule has 0 spiro atoms. The van der Waals surface area contributed by atoms with E-state index in [1.165, 1.54) is 37.5 Å². The molecule has 1 N–H and O–H groups in total. The van der Waals surface area contributed by atoms with Crippen LogP contribution < -0.4 is 5.32 Å². The first-order chi connectivity index (χ1) is 12.0. The van der Waals surface area contributed by atoms with E-state index in [0.717, 1.165) is 24.8 Å². The molecular formula is C20H27FN2O2. The Morgan fingerprint density at radius 2 is 1.96 bits per heavy atom. The van der Waals surface area contributed by atoms with Gasteiger partial charge in [-0.25, -0.2) is 4.39 Å². The van der Waals surface area contributed by atoms with Crippen LogP contribution in [-0.2, 0) is 16.1 Å². The quantitative estimate of drug-likeness (QED) is 0.732. The van der Waals surface area contributed by atoms with E-state index in [1.54, 1.807) is 17.0 Å². The second kappa shape index (κ2) is 9.97. The summed E-state index contributed by atoms with van der Waals surface area (Å²) < 4.78 is 13.0. The van der Waals surface area contributed by atoms with Gasteiger partial charge >= 0.3 is 0 Å². The molecular weight excluding hydrogens is 319 g/mol. The van der Waals surface area contributed by atoms with Crippen molar-refractivity contribution in [1.29, 1.82) is 0 Å². The minimum atomic E-state index is -0.300. The molecule has 0 aromatic heterocycles. The highest BCUT2D eigenvalue weighted by atomic mass is 19.1. The van der Waals surface area contributed by atoms with Crippen LogP contribution in [0.5, 0.6) is 0 Å². The summed E-state index contributed by atoms with van der Waals surface area (Å²) in [4.78, 5) is 25.4. The lowest BCUT2D eigenvalue weighted by Crippen LogP contribution is -2.33. The average molecular weight is 346 g/mol. The summed E-state index contributed by atoms with van der Waals surface area (Å²) >= 11 is 0. The summed E-state index contributed by atoms with van der Waals surface area (Å²) in [7, 11) is 0. The molecule has 1 aromatic rings. The van der Waals surface area contributed by atoms with Crippen molar-refractivity contribution in [3.05, 3.63) is 47.3 Å². The predicted molar refractivity (Wildman–Crippen MR) is 96.3 cm³/mol. The summed E-state index contributed by atoms with van der Waals surface area (Å²) in [6.45, 7) is 2.89. The molecule has 4 nitrogen and oxygen atoms in total. The molecule has 1 aliphatic carbocycles. The highest BCUT2D eigenvalue weighted by Gasteiger charge is 2.12. The molecule has 5 heteroatoms. The van der Waals surface area contributed by atoms with Gasteiger partial charge in [0.2, 0.25) is 11.8 Å². The molecule has 136 valence electrons. The van der Waals surface area contributed by atoms with Crippen molar-refractivity contribution < 1.29 is 14.0 Å². The van der Waals surface area contributed by atoms with Crippen LogP contribution in [0.25, 0.3) is 0 Å². The molecule has 0 bridgehead atoms. The maximum atomic E-state index is 13.0. The van der Waals surface area contributed by atoms with Crippen molar-refractivity contribution in [2.75, 3.05) is 13.1 Å². The third-order valence-electron chi connectivity index (χ3n) is 4.49. The number of amides is 2. The Morgan fingerprint density at radius 3 is 2.60 bits per heavy atom. The lowest BCUT2D eigenvalue weighted by Gasteiger charge is -2.21. The lowest BCUT2D eigenvalue weighted by atomic mass is 9.97. The fourth-order valence-electron chi connectivity index (χ4n) is 2.98. The SMILES string of the molecule is CC(=O)N(CCC(=O)NCCC1=CCCCC1)Cc1ccc(F)cc1. The second-order valence-electron chi connectivity index (χ2n) is 6.53. The van der Waals surface area contributed by atoms with Gasteiger partial charge in [0.1, 0.15) is 5.82 Å². The van der Waals surface area contributed by atoms with Gasteiger partial charge in [-0.2, -0.15) is 0 Å². The third kappa shape index (κ3) is 7.08. The largest absolute Gasteiger partial charge is 0.356 e. The first-order valence-electron chi connectivity index (χ1n) is 8.99. The van der Waals surface area contributed by atoms with Gasteiger partial charge in [-0.05, 0) is 49.8 Å². The molecule has 2 rings (SSSR count). The highest BCUT2D eigenvalue weighted by molar-refractivity contribution is 5.78. The first kappa shape index (κ1) is 19.2. The Labute approximate surface area is 149 Å². The van der Waals surface area contributed by atoms with Crippen LogP contribution in [0.1, 0.15) is 51.0 Å². The zero-order valence-electron chi connectivity index (χ0n) is 14.9. The molecule has 2 amide bonds. The Kier molecular flexibility index (Phi) is 7.64. The number of carbonyl (C=O) groups excluding carboxylic acids is 2. The van der Waals surface area contributed by atoms with Crippen LogP contribution in [-0.4, -0.2) is 29.8 Å². The molecule has 0 saturated heterocycles. The van der Waals surface area contributed by atoms with Gasteiger partial charge in [-0.1, -0.05) is 23.8 Å². The number of rotatable bonds is 8. The van der Waals surface area contributed by atoms with Crippen LogP contribution in [0.15, 0.2) is 35.9 Å². The van der Waals surface area contributed by atoms with Crippen molar-refractivity contribution in [3.63, 3.8) is 0 Å². The van der Waals surface area contributed by atoms with Gasteiger partial charge in [-0.15, -0.1) is 0 Å². The predicted octanol–water partition coefficient (Wildman–Crippen LogP) is 3.57. The topological polar surface area (TPSA) is 49.4 Å². The highest BCUT2D eigenvalue weighted by Crippen LogP contribution is 2.19. The second-order valence-corrected chi connectivity index (χ2v) is 6.53. The van der Waals surface area contributed by atoms with Gasteiger partial charge in [0.25, 0.3) is 0 Å². The summed E-state index contributed by atoms with van der Waals surface area (Å²) in [5.74, 6) is -0.433. The number of benzene rings is 1. The van der Waals surface area contributed by atoms with E-state index in [0.29, 0.717) is 19.6 Å². The van der Waals surface area contributed by atoms with Gasteiger partial charge in [0.15, 0.2) is 0 Å². The number of nitrogens with zero attached hydrogens (tertiary/aromatic N) is 1. The summed E-state index contributed by atoms with van der Waals surface area (Å²) in [6, 6.07) is 6.06. The summed E-state index contributed by atoms with van der Waals surface area (Å²) in [6.07, 6.45) is 8.29. The molecule has 0 radical (unpaired) electrons. The molecule has 0 fully saturated rings. The normalized spacial score (nSPS) is 13.9. The maximum Gasteiger partial charge on any atom is 0.221 e. The molecule has 25 heavy (non-hydrogen) atoms. The Bertz CT molecular complexity index is 611. The monoisotopic (exact) mass is 346 g/mol. The minimum Gasteiger partial charge on any atom is -0.356 e. The van der Waals surface area contributed by atoms with Crippen LogP contribution in [0.2, 0.25) is 0 Å². The molecule has 1 aromatic carbocycles. The lowest BCUT2D eigenvalue weighted by molar-refractivity contribution is -0.130. The number of hydrogen-bond donors (Lipinski definition) is 1. The van der Waals surface area contributed by atoms with Crippen molar-refractivity contribution in [3.8, 4) is 0 Å². The van der Waals surface area contributed by atoms with E-state index >= 15 is 0 Å². The number of allylic oxidation sites excluding steroid dienone is 1. The van der Waals surface area contributed by atoms with Crippen LogP contribution >= 0.6 is 0 Å². The van der Waals surface area contributed by atoms with E-state index in [4.69, 9.17) is 0 Å². The average Bonchev–Trinajstić information content (AvgIpc) is 2.61. The standard InChI is InChI=1S/C20H27FN2O2/c1-16(24)23(15-18-7-9-19(21)10-8-18)14-12-20(25)22-13-11-17-5-3-2-4-6-17/h5,7-10H,2-4,6,11-15H2,1H3,(H,22,25). The molecule has 0 heterocycles. The molecule has 1 aliphatic rings. The number of carbonyl (C=O) groups is 2. The maximum absolute atomic E-state index is 13.0. The van der Waals surface area contributed by atoms with Crippen LogP contribution in [0.3, 0.4) is 0 Å². The Morgan fingerprint density at radius 1 is 1.20 bits per heavy atom.